The second-order valence-corrected chi connectivity index (χ2v) is 7.02. The molecule has 3 rings (SSSR count). The molecule has 0 amide bonds. The molecule has 2 fully saturated rings. The Hall–Kier alpha value is -0.740. The van der Waals surface area contributed by atoms with Crippen molar-refractivity contribution in [2.45, 2.75) is 37.7 Å². The van der Waals surface area contributed by atoms with E-state index in [0.717, 1.165) is 18.9 Å². The van der Waals surface area contributed by atoms with Crippen molar-refractivity contribution < 1.29 is 4.74 Å². The van der Waals surface area contributed by atoms with E-state index < -0.39 is 0 Å². The Bertz CT molecular complexity index is 426. The molecular weight excluding hydrogens is 256 g/mol. The summed E-state index contributed by atoms with van der Waals surface area (Å²) in [5.74, 6) is 3.89. The molecule has 2 N–H and O–H groups in total. The fraction of sp³-hybridized carbons (Fsp3) is 0.667. The van der Waals surface area contributed by atoms with E-state index in [1.165, 1.54) is 42.8 Å². The molecule has 1 aromatic heterocycles. The predicted molar refractivity (Wildman–Crippen MR) is 80.3 cm³/mol. The van der Waals surface area contributed by atoms with Gasteiger partial charge in [-0.2, -0.15) is 11.8 Å². The van der Waals surface area contributed by atoms with Crippen LogP contribution in [0.1, 0.15) is 31.2 Å². The Kier molecular flexibility index (Phi) is 3.99. The maximum atomic E-state index is 6.15. The van der Waals surface area contributed by atoms with E-state index in [9.17, 15) is 0 Å². The lowest BCUT2D eigenvalue weighted by molar-refractivity contribution is -0.102. The Balaban J connectivity index is 1.65. The van der Waals surface area contributed by atoms with E-state index in [0.29, 0.717) is 5.82 Å². The zero-order chi connectivity index (χ0) is 13.1. The highest BCUT2D eigenvalue weighted by Crippen LogP contribution is 2.40. The molecular formula is C15H22N2OS. The van der Waals surface area contributed by atoms with Crippen LogP contribution in [0.25, 0.3) is 0 Å². The van der Waals surface area contributed by atoms with Crippen LogP contribution in [0.5, 0.6) is 0 Å². The van der Waals surface area contributed by atoms with Crippen molar-refractivity contribution in [3.63, 3.8) is 0 Å². The van der Waals surface area contributed by atoms with Gasteiger partial charge < -0.3 is 10.5 Å². The van der Waals surface area contributed by atoms with Crippen molar-refractivity contribution in [2.24, 2.45) is 5.92 Å². The third kappa shape index (κ3) is 3.23. The Morgan fingerprint density at radius 2 is 2.26 bits per heavy atom. The summed E-state index contributed by atoms with van der Waals surface area (Å²) in [7, 11) is 0. The van der Waals surface area contributed by atoms with Crippen molar-refractivity contribution >= 4 is 17.6 Å². The minimum absolute atomic E-state index is 0.187. The molecule has 2 aliphatic rings. The summed E-state index contributed by atoms with van der Waals surface area (Å²) in [5, 5.41) is 0. The van der Waals surface area contributed by atoms with Crippen LogP contribution in [0.3, 0.4) is 0 Å². The maximum Gasteiger partial charge on any atom is 0.123 e. The predicted octanol–water partition coefficient (Wildman–Crippen LogP) is 2.90. The second kappa shape index (κ2) is 5.71. The van der Waals surface area contributed by atoms with Gasteiger partial charge in [0.25, 0.3) is 0 Å². The first-order valence-electron chi connectivity index (χ1n) is 7.18. The number of ether oxygens (including phenoxy) is 1. The summed E-state index contributed by atoms with van der Waals surface area (Å²) >= 11 is 2.06. The fourth-order valence-electron chi connectivity index (χ4n) is 3.35. The van der Waals surface area contributed by atoms with Gasteiger partial charge in [0.2, 0.25) is 0 Å². The molecule has 0 radical (unpaired) electrons. The fourth-order valence-corrected chi connectivity index (χ4v) is 4.59. The summed E-state index contributed by atoms with van der Waals surface area (Å²) in [6, 6.07) is 4.11. The first-order valence-corrected chi connectivity index (χ1v) is 8.33. The second-order valence-electron chi connectivity index (χ2n) is 5.80. The number of hydrogen-bond acceptors (Lipinski definition) is 4. The lowest BCUT2D eigenvalue weighted by Gasteiger charge is -2.43. The number of nitrogens with two attached hydrogens (primary N) is 1. The summed E-state index contributed by atoms with van der Waals surface area (Å²) in [6.45, 7) is 0.926. The van der Waals surface area contributed by atoms with Gasteiger partial charge in [0.05, 0.1) is 5.60 Å². The van der Waals surface area contributed by atoms with E-state index >= 15 is 0 Å². The molecule has 104 valence electrons. The molecule has 19 heavy (non-hydrogen) atoms. The van der Waals surface area contributed by atoms with Crippen molar-refractivity contribution in [1.29, 1.82) is 0 Å². The average Bonchev–Trinajstić information content (AvgIpc) is 2.40. The van der Waals surface area contributed by atoms with Crippen molar-refractivity contribution in [3.8, 4) is 0 Å². The summed E-state index contributed by atoms with van der Waals surface area (Å²) in [4.78, 5) is 4.07. The number of thioether (sulfide) groups is 1. The molecule has 4 heteroatoms. The van der Waals surface area contributed by atoms with Gasteiger partial charge in [0.15, 0.2) is 0 Å². The van der Waals surface area contributed by atoms with Crippen LogP contribution < -0.4 is 5.73 Å². The van der Waals surface area contributed by atoms with Gasteiger partial charge in [-0.15, -0.1) is 0 Å². The minimum Gasteiger partial charge on any atom is -0.384 e. The molecule has 0 aliphatic carbocycles. The van der Waals surface area contributed by atoms with Gasteiger partial charge >= 0.3 is 0 Å². The Morgan fingerprint density at radius 3 is 3.05 bits per heavy atom. The van der Waals surface area contributed by atoms with Crippen LogP contribution in [-0.4, -0.2) is 28.7 Å². The van der Waals surface area contributed by atoms with Crippen molar-refractivity contribution in [2.75, 3.05) is 23.8 Å². The van der Waals surface area contributed by atoms with Crippen LogP contribution in [0.15, 0.2) is 18.3 Å². The zero-order valence-corrected chi connectivity index (χ0v) is 12.1. The number of nitrogens with zero attached hydrogens (tertiary/aromatic N) is 1. The molecule has 0 saturated carbocycles. The standard InChI is InChI=1S/C15H22N2OS/c16-14-10-12(1-5-17-14)9-13-2-6-18-15(11-13)3-7-19-8-4-15/h1,5,10,13H,2-4,6-9,11H2,(H2,16,17). The summed E-state index contributed by atoms with van der Waals surface area (Å²) < 4.78 is 6.15. The normalized spacial score (nSPS) is 26.4. The highest BCUT2D eigenvalue weighted by Gasteiger charge is 2.38. The summed E-state index contributed by atoms with van der Waals surface area (Å²) in [6.07, 6.45) is 7.79. The number of aromatic nitrogens is 1. The topological polar surface area (TPSA) is 48.1 Å². The van der Waals surface area contributed by atoms with Gasteiger partial charge in [-0.25, -0.2) is 4.98 Å². The van der Waals surface area contributed by atoms with E-state index in [2.05, 4.69) is 22.8 Å². The van der Waals surface area contributed by atoms with Crippen molar-refractivity contribution in [3.05, 3.63) is 23.9 Å². The van der Waals surface area contributed by atoms with Crippen LogP contribution in [0.4, 0.5) is 5.82 Å². The number of pyridine rings is 1. The SMILES string of the molecule is Nc1cc(CC2CCOC3(CCSCC3)C2)ccn1. The maximum absolute atomic E-state index is 6.15. The van der Waals surface area contributed by atoms with E-state index in [-0.39, 0.29) is 5.60 Å². The molecule has 3 nitrogen and oxygen atoms in total. The molecule has 2 aliphatic heterocycles. The van der Waals surface area contributed by atoms with Gasteiger partial charge in [-0.1, -0.05) is 0 Å². The first kappa shape index (κ1) is 13.3. The summed E-state index contributed by atoms with van der Waals surface area (Å²) in [5.41, 5.74) is 7.27. The van der Waals surface area contributed by atoms with E-state index in [1.54, 1.807) is 0 Å². The lowest BCUT2D eigenvalue weighted by Crippen LogP contribution is -2.43. The highest BCUT2D eigenvalue weighted by molar-refractivity contribution is 7.99. The molecule has 0 aromatic carbocycles. The number of nitrogen functional groups attached to an aromatic ring is 1. The first-order chi connectivity index (χ1) is 9.26. The van der Waals surface area contributed by atoms with Crippen LogP contribution in [0.2, 0.25) is 0 Å². The van der Waals surface area contributed by atoms with Crippen LogP contribution >= 0.6 is 11.8 Å². The number of hydrogen-bond donors (Lipinski definition) is 1. The smallest absolute Gasteiger partial charge is 0.123 e. The third-order valence-electron chi connectivity index (χ3n) is 4.37. The van der Waals surface area contributed by atoms with Gasteiger partial charge in [-0.05, 0) is 67.2 Å². The van der Waals surface area contributed by atoms with Gasteiger partial charge in [-0.3, -0.25) is 0 Å². The van der Waals surface area contributed by atoms with E-state index in [1.807, 2.05) is 12.3 Å². The van der Waals surface area contributed by atoms with Gasteiger partial charge in [0, 0.05) is 12.8 Å². The van der Waals surface area contributed by atoms with Crippen molar-refractivity contribution in [1.82, 2.24) is 4.98 Å². The highest BCUT2D eigenvalue weighted by atomic mass is 32.2. The molecule has 0 bridgehead atoms. The minimum atomic E-state index is 0.187. The molecule has 1 aromatic rings. The monoisotopic (exact) mass is 278 g/mol. The molecule has 2 saturated heterocycles. The molecule has 1 atom stereocenters. The van der Waals surface area contributed by atoms with Crippen LogP contribution in [0, 0.1) is 5.92 Å². The van der Waals surface area contributed by atoms with E-state index in [4.69, 9.17) is 10.5 Å². The largest absolute Gasteiger partial charge is 0.384 e. The Morgan fingerprint density at radius 1 is 1.42 bits per heavy atom. The average molecular weight is 278 g/mol. The molecule has 3 heterocycles. The number of rotatable bonds is 2. The Labute approximate surface area is 119 Å². The lowest BCUT2D eigenvalue weighted by atomic mass is 9.79. The number of anilines is 1. The zero-order valence-electron chi connectivity index (χ0n) is 11.3. The van der Waals surface area contributed by atoms with Gasteiger partial charge in [0.1, 0.15) is 5.82 Å². The third-order valence-corrected chi connectivity index (χ3v) is 5.35. The molecule has 1 spiro atoms. The quantitative estimate of drug-likeness (QED) is 0.903. The van der Waals surface area contributed by atoms with Crippen LogP contribution in [-0.2, 0) is 11.2 Å². The molecule has 1 unspecified atom stereocenters.